The Balaban J connectivity index is 2.08. The first kappa shape index (κ1) is 13.5. The Bertz CT molecular complexity index is 367. The third-order valence-electron chi connectivity index (χ3n) is 3.09. The summed E-state index contributed by atoms with van der Waals surface area (Å²) in [6.45, 7) is -0.413. The van der Waals surface area contributed by atoms with E-state index in [0.717, 1.165) is 5.56 Å². The lowest BCUT2D eigenvalue weighted by molar-refractivity contribution is -0.190. The van der Waals surface area contributed by atoms with Crippen LogP contribution in [0.15, 0.2) is 30.3 Å². The van der Waals surface area contributed by atoms with Crippen LogP contribution in [-0.2, 0) is 11.2 Å². The molecule has 1 saturated heterocycles. The highest BCUT2D eigenvalue weighted by molar-refractivity contribution is 5.20. The maximum atomic E-state index is 9.83. The molecule has 4 N–H and O–H groups in total. The molecule has 0 amide bonds. The lowest BCUT2D eigenvalue weighted by Gasteiger charge is -2.39. The maximum absolute atomic E-state index is 9.83. The van der Waals surface area contributed by atoms with Crippen molar-refractivity contribution < 1.29 is 25.2 Å². The van der Waals surface area contributed by atoms with Crippen LogP contribution in [-0.4, -0.2) is 51.4 Å². The monoisotopic (exact) mass is 253 g/mol. The SMILES string of the molecule is OC[C@H]1O[C](Cc2ccccc2)[C@H](O)[C@@H](O)[C@@H]1O. The van der Waals surface area contributed by atoms with Crippen LogP contribution in [0.1, 0.15) is 5.56 Å². The van der Waals surface area contributed by atoms with Crippen LogP contribution in [0.4, 0.5) is 0 Å². The van der Waals surface area contributed by atoms with Gasteiger partial charge in [-0.3, -0.25) is 0 Å². The second kappa shape index (κ2) is 5.77. The number of ether oxygens (including phenoxy) is 1. The standard InChI is InChI=1S/C13H17O5/c14-7-10-12(16)13(17)11(15)9(18-10)6-8-4-2-1-3-5-8/h1-5,10-17H,6-7H2/t10-,11+,12-,13-/m1/s1. The molecule has 0 aliphatic carbocycles. The normalized spacial score (nSPS) is 33.6. The Labute approximate surface area is 105 Å². The first-order valence-corrected chi connectivity index (χ1v) is 5.85. The topological polar surface area (TPSA) is 90.2 Å². The Hall–Kier alpha value is -0.980. The molecular weight excluding hydrogens is 236 g/mol. The average molecular weight is 253 g/mol. The van der Waals surface area contributed by atoms with Crippen LogP contribution in [0.3, 0.4) is 0 Å². The summed E-state index contributed by atoms with van der Waals surface area (Å²) < 4.78 is 5.34. The number of hydrogen-bond donors (Lipinski definition) is 4. The Kier molecular flexibility index (Phi) is 4.31. The summed E-state index contributed by atoms with van der Waals surface area (Å²) in [5.74, 6) is 0. The molecule has 18 heavy (non-hydrogen) atoms. The van der Waals surface area contributed by atoms with Crippen molar-refractivity contribution in [3.8, 4) is 0 Å². The predicted molar refractivity (Wildman–Crippen MR) is 63.4 cm³/mol. The van der Waals surface area contributed by atoms with E-state index in [9.17, 15) is 15.3 Å². The molecule has 99 valence electrons. The summed E-state index contributed by atoms with van der Waals surface area (Å²) in [7, 11) is 0. The van der Waals surface area contributed by atoms with E-state index in [4.69, 9.17) is 9.84 Å². The van der Waals surface area contributed by atoms with Gasteiger partial charge >= 0.3 is 0 Å². The van der Waals surface area contributed by atoms with Gasteiger partial charge in [0.05, 0.1) is 6.61 Å². The molecular formula is C13H17O5. The van der Waals surface area contributed by atoms with Crippen LogP contribution in [0.5, 0.6) is 0 Å². The number of rotatable bonds is 3. The third-order valence-corrected chi connectivity index (χ3v) is 3.09. The van der Waals surface area contributed by atoms with Gasteiger partial charge in [-0.05, 0) is 5.56 Å². The Morgan fingerprint density at radius 2 is 1.67 bits per heavy atom. The first-order chi connectivity index (χ1) is 8.63. The number of benzene rings is 1. The number of aliphatic hydroxyl groups excluding tert-OH is 4. The van der Waals surface area contributed by atoms with Crippen LogP contribution in [0.2, 0.25) is 0 Å². The van der Waals surface area contributed by atoms with E-state index in [1.165, 1.54) is 0 Å². The van der Waals surface area contributed by atoms with Gasteiger partial charge in [-0.1, -0.05) is 30.3 Å². The van der Waals surface area contributed by atoms with Crippen LogP contribution < -0.4 is 0 Å². The summed E-state index contributed by atoms with van der Waals surface area (Å²) >= 11 is 0. The predicted octanol–water partition coefficient (Wildman–Crippen LogP) is -0.765. The maximum Gasteiger partial charge on any atom is 0.133 e. The minimum absolute atomic E-state index is 0.262. The quantitative estimate of drug-likeness (QED) is 0.568. The highest BCUT2D eigenvalue weighted by Crippen LogP contribution is 2.28. The van der Waals surface area contributed by atoms with E-state index < -0.39 is 31.0 Å². The number of hydrogen-bond acceptors (Lipinski definition) is 5. The van der Waals surface area contributed by atoms with Gasteiger partial charge in [0, 0.05) is 6.42 Å². The second-order valence-electron chi connectivity index (χ2n) is 4.39. The molecule has 1 aromatic carbocycles. The Morgan fingerprint density at radius 3 is 2.28 bits per heavy atom. The zero-order chi connectivity index (χ0) is 13.1. The second-order valence-corrected chi connectivity index (χ2v) is 4.39. The molecule has 0 spiro atoms. The summed E-state index contributed by atoms with van der Waals surface area (Å²) in [6, 6.07) is 9.34. The van der Waals surface area contributed by atoms with Crippen molar-refractivity contribution in [1.82, 2.24) is 0 Å². The third kappa shape index (κ3) is 2.71. The first-order valence-electron chi connectivity index (χ1n) is 5.85. The van der Waals surface area contributed by atoms with Gasteiger partial charge in [0.15, 0.2) is 0 Å². The van der Waals surface area contributed by atoms with Gasteiger partial charge in [-0.25, -0.2) is 0 Å². The fraction of sp³-hybridized carbons (Fsp3) is 0.462. The number of aliphatic hydroxyl groups is 4. The van der Waals surface area contributed by atoms with Crippen LogP contribution in [0, 0.1) is 6.10 Å². The van der Waals surface area contributed by atoms with Gasteiger partial charge in [0.1, 0.15) is 30.5 Å². The zero-order valence-corrected chi connectivity index (χ0v) is 9.81. The fourth-order valence-corrected chi connectivity index (χ4v) is 2.02. The molecule has 2 rings (SSSR count). The molecule has 0 bridgehead atoms. The molecule has 1 fully saturated rings. The van der Waals surface area contributed by atoms with Crippen molar-refractivity contribution in [1.29, 1.82) is 0 Å². The molecule has 1 aliphatic rings. The van der Waals surface area contributed by atoms with Crippen molar-refractivity contribution in [2.45, 2.75) is 30.8 Å². The zero-order valence-electron chi connectivity index (χ0n) is 9.81. The van der Waals surface area contributed by atoms with Crippen molar-refractivity contribution >= 4 is 0 Å². The van der Waals surface area contributed by atoms with Crippen LogP contribution in [0.25, 0.3) is 0 Å². The van der Waals surface area contributed by atoms with E-state index in [-0.39, 0.29) is 6.10 Å². The molecule has 5 heteroatoms. The summed E-state index contributed by atoms with van der Waals surface area (Å²) in [5.41, 5.74) is 0.923. The van der Waals surface area contributed by atoms with Crippen molar-refractivity contribution in [2.24, 2.45) is 0 Å². The molecule has 4 atom stereocenters. The molecule has 1 aromatic rings. The fourth-order valence-electron chi connectivity index (χ4n) is 2.02. The molecule has 1 heterocycles. The van der Waals surface area contributed by atoms with Crippen molar-refractivity contribution in [3.05, 3.63) is 42.0 Å². The summed E-state index contributed by atoms with van der Waals surface area (Å²) in [5, 5.41) is 38.2. The molecule has 1 radical (unpaired) electrons. The average Bonchev–Trinajstić information content (AvgIpc) is 2.40. The molecule has 0 unspecified atom stereocenters. The van der Waals surface area contributed by atoms with Crippen LogP contribution >= 0.6 is 0 Å². The molecule has 5 nitrogen and oxygen atoms in total. The van der Waals surface area contributed by atoms with E-state index in [0.29, 0.717) is 6.42 Å². The smallest absolute Gasteiger partial charge is 0.133 e. The van der Waals surface area contributed by atoms with E-state index in [2.05, 4.69) is 0 Å². The highest BCUT2D eigenvalue weighted by atomic mass is 16.5. The van der Waals surface area contributed by atoms with Crippen molar-refractivity contribution in [2.75, 3.05) is 6.61 Å². The van der Waals surface area contributed by atoms with Gasteiger partial charge in [0.25, 0.3) is 0 Å². The van der Waals surface area contributed by atoms with Gasteiger partial charge in [-0.15, -0.1) is 0 Å². The van der Waals surface area contributed by atoms with E-state index in [1.807, 2.05) is 30.3 Å². The van der Waals surface area contributed by atoms with E-state index in [1.54, 1.807) is 0 Å². The lowest BCUT2D eigenvalue weighted by atomic mass is 9.92. The van der Waals surface area contributed by atoms with Gasteiger partial charge in [0.2, 0.25) is 0 Å². The van der Waals surface area contributed by atoms with E-state index >= 15 is 0 Å². The minimum atomic E-state index is -1.34. The highest BCUT2D eigenvalue weighted by Gasteiger charge is 2.43. The van der Waals surface area contributed by atoms with Gasteiger partial charge in [-0.2, -0.15) is 0 Å². The molecule has 1 aliphatic heterocycles. The molecule has 0 saturated carbocycles. The largest absolute Gasteiger partial charge is 0.394 e. The lowest BCUT2D eigenvalue weighted by Crippen LogP contribution is -2.55. The summed E-state index contributed by atoms with van der Waals surface area (Å²) in [6.07, 6.45) is -4.18. The minimum Gasteiger partial charge on any atom is -0.394 e. The summed E-state index contributed by atoms with van der Waals surface area (Å²) in [4.78, 5) is 0. The molecule has 0 aromatic heterocycles. The Morgan fingerprint density at radius 1 is 1.00 bits per heavy atom. The van der Waals surface area contributed by atoms with Crippen molar-refractivity contribution in [3.63, 3.8) is 0 Å². The van der Waals surface area contributed by atoms with Gasteiger partial charge < -0.3 is 25.2 Å².